The Kier molecular flexibility index (Phi) is 4.72. The van der Waals surface area contributed by atoms with Crippen molar-refractivity contribution in [2.75, 3.05) is 0 Å². The van der Waals surface area contributed by atoms with Crippen LogP contribution in [0.4, 0.5) is 0 Å². The van der Waals surface area contributed by atoms with Gasteiger partial charge in [0.2, 0.25) is 11.6 Å². The number of hydrogen-bond donors (Lipinski definition) is 1. The molecule has 0 aliphatic heterocycles. The Morgan fingerprint density at radius 3 is 1.85 bits per heavy atom. The predicted octanol–water partition coefficient (Wildman–Crippen LogP) is 4.65. The van der Waals surface area contributed by atoms with Gasteiger partial charge in [-0.25, -0.2) is 0 Å². The monoisotopic (exact) mass is 358 g/mol. The van der Waals surface area contributed by atoms with E-state index in [9.17, 15) is 19.5 Å². The minimum atomic E-state index is -0.623. The van der Waals surface area contributed by atoms with E-state index in [-0.39, 0.29) is 22.5 Å². The molecule has 4 nitrogen and oxygen atoms in total. The Morgan fingerprint density at radius 2 is 1.42 bits per heavy atom. The SMILES string of the molecule is CC1(C)CC(=O)C(C2=C(C(C)(C)C)C(=O)C(=O)C(C(C)(C)C)=C2)=C(O)C1. The Morgan fingerprint density at radius 1 is 0.885 bits per heavy atom. The van der Waals surface area contributed by atoms with E-state index in [1.165, 1.54) is 0 Å². The maximum absolute atomic E-state index is 13.0. The second kappa shape index (κ2) is 6.04. The summed E-state index contributed by atoms with van der Waals surface area (Å²) >= 11 is 0. The van der Waals surface area contributed by atoms with Crippen molar-refractivity contribution in [3.05, 3.63) is 34.1 Å². The molecule has 142 valence electrons. The number of carbonyl (C=O) groups is 3. The molecule has 0 aromatic rings. The summed E-state index contributed by atoms with van der Waals surface area (Å²) < 4.78 is 0. The van der Waals surface area contributed by atoms with Crippen molar-refractivity contribution < 1.29 is 19.5 Å². The van der Waals surface area contributed by atoms with Crippen LogP contribution >= 0.6 is 0 Å². The fourth-order valence-electron chi connectivity index (χ4n) is 3.73. The van der Waals surface area contributed by atoms with Crippen LogP contribution in [0.25, 0.3) is 0 Å². The van der Waals surface area contributed by atoms with Crippen LogP contribution in [0.3, 0.4) is 0 Å². The number of allylic oxidation sites excluding steroid dienone is 6. The molecule has 0 atom stereocenters. The molecular formula is C22H30O4. The standard InChI is InChI=1S/C22H30O4/c1-20(2,3)13-9-12(17(21(4,5)6)19(26)18(13)25)16-14(23)10-22(7,8)11-15(16)24/h9,23H,10-11H2,1-8H3. The molecule has 4 heteroatoms. The van der Waals surface area contributed by atoms with Crippen LogP contribution < -0.4 is 0 Å². The number of hydrogen-bond acceptors (Lipinski definition) is 4. The molecule has 0 heterocycles. The normalized spacial score (nSPS) is 22.2. The fourth-order valence-corrected chi connectivity index (χ4v) is 3.73. The van der Waals surface area contributed by atoms with Crippen molar-refractivity contribution in [1.82, 2.24) is 0 Å². The van der Waals surface area contributed by atoms with Crippen molar-refractivity contribution in [3.8, 4) is 0 Å². The summed E-state index contributed by atoms with van der Waals surface area (Å²) in [6.07, 6.45) is 2.33. The summed E-state index contributed by atoms with van der Waals surface area (Å²) in [6, 6.07) is 0. The molecule has 0 spiro atoms. The van der Waals surface area contributed by atoms with Gasteiger partial charge in [-0.3, -0.25) is 14.4 Å². The quantitative estimate of drug-likeness (QED) is 0.547. The minimum Gasteiger partial charge on any atom is -0.512 e. The molecule has 26 heavy (non-hydrogen) atoms. The van der Waals surface area contributed by atoms with Crippen molar-refractivity contribution >= 4 is 17.3 Å². The molecule has 0 bridgehead atoms. The number of aliphatic hydroxyl groups excluding tert-OH is 1. The zero-order chi connectivity index (χ0) is 20.2. The lowest BCUT2D eigenvalue weighted by atomic mass is 9.67. The van der Waals surface area contributed by atoms with E-state index in [4.69, 9.17) is 0 Å². The summed E-state index contributed by atoms with van der Waals surface area (Å²) in [7, 11) is 0. The summed E-state index contributed by atoms with van der Waals surface area (Å²) in [5.74, 6) is -1.26. The zero-order valence-electron chi connectivity index (χ0n) is 17.2. The number of Topliss-reactive ketones (excluding diaryl/α,β-unsaturated/α-hetero) is 3. The highest BCUT2D eigenvalue weighted by Gasteiger charge is 2.43. The molecule has 2 rings (SSSR count). The third-order valence-corrected chi connectivity index (χ3v) is 4.92. The number of ketones is 3. The lowest BCUT2D eigenvalue weighted by molar-refractivity contribution is -0.133. The lowest BCUT2D eigenvalue weighted by Gasteiger charge is -2.35. The average molecular weight is 358 g/mol. The molecule has 0 unspecified atom stereocenters. The highest BCUT2D eigenvalue weighted by atomic mass is 16.3. The van der Waals surface area contributed by atoms with E-state index in [0.717, 1.165) is 0 Å². The van der Waals surface area contributed by atoms with Crippen LogP contribution in [0.15, 0.2) is 34.1 Å². The Balaban J connectivity index is 2.85. The van der Waals surface area contributed by atoms with Gasteiger partial charge in [-0.15, -0.1) is 0 Å². The maximum Gasteiger partial charge on any atom is 0.230 e. The predicted molar refractivity (Wildman–Crippen MR) is 102 cm³/mol. The molecule has 0 amide bonds. The molecule has 0 radical (unpaired) electrons. The van der Waals surface area contributed by atoms with Gasteiger partial charge in [-0.05, 0) is 27.9 Å². The summed E-state index contributed by atoms with van der Waals surface area (Å²) in [5.41, 5.74) is -0.162. The van der Waals surface area contributed by atoms with E-state index >= 15 is 0 Å². The van der Waals surface area contributed by atoms with Crippen LogP contribution in [-0.2, 0) is 14.4 Å². The summed E-state index contributed by atoms with van der Waals surface area (Å²) in [6.45, 7) is 15.0. The molecule has 0 aromatic carbocycles. The van der Waals surface area contributed by atoms with E-state index in [0.29, 0.717) is 29.6 Å². The van der Waals surface area contributed by atoms with Gasteiger partial charge in [0.05, 0.1) is 5.57 Å². The van der Waals surface area contributed by atoms with E-state index in [1.807, 2.05) is 55.4 Å². The Hall–Kier alpha value is -1.97. The number of rotatable bonds is 1. The topological polar surface area (TPSA) is 71.4 Å². The van der Waals surface area contributed by atoms with E-state index in [2.05, 4.69) is 0 Å². The fraction of sp³-hybridized carbons (Fsp3) is 0.591. The first-order chi connectivity index (χ1) is 11.6. The molecular weight excluding hydrogens is 328 g/mol. The average Bonchev–Trinajstić information content (AvgIpc) is 2.37. The summed E-state index contributed by atoms with van der Waals surface area (Å²) in [5, 5.41) is 10.7. The number of aliphatic hydroxyl groups is 1. The van der Waals surface area contributed by atoms with E-state index in [1.54, 1.807) is 6.08 Å². The van der Waals surface area contributed by atoms with Crippen molar-refractivity contribution in [2.45, 2.75) is 68.2 Å². The second-order valence-corrected chi connectivity index (χ2v) is 10.3. The molecule has 1 N–H and O–H groups in total. The van der Waals surface area contributed by atoms with Gasteiger partial charge in [0.15, 0.2) is 5.78 Å². The van der Waals surface area contributed by atoms with Crippen LogP contribution in [0, 0.1) is 16.2 Å². The van der Waals surface area contributed by atoms with Crippen LogP contribution in [0.2, 0.25) is 0 Å². The van der Waals surface area contributed by atoms with Crippen molar-refractivity contribution in [3.63, 3.8) is 0 Å². The number of carbonyl (C=O) groups excluding carboxylic acids is 3. The highest BCUT2D eigenvalue weighted by molar-refractivity contribution is 6.51. The van der Waals surface area contributed by atoms with Crippen molar-refractivity contribution in [1.29, 1.82) is 0 Å². The minimum absolute atomic E-state index is 0.00894. The zero-order valence-corrected chi connectivity index (χ0v) is 17.2. The Bertz CT molecular complexity index is 787. The van der Waals surface area contributed by atoms with Gasteiger partial charge < -0.3 is 5.11 Å². The molecule has 0 saturated heterocycles. The summed E-state index contributed by atoms with van der Waals surface area (Å²) in [4.78, 5) is 38.5. The molecule has 2 aliphatic rings. The van der Waals surface area contributed by atoms with Crippen LogP contribution in [-0.4, -0.2) is 22.5 Å². The third kappa shape index (κ3) is 3.60. The first-order valence-electron chi connectivity index (χ1n) is 9.08. The smallest absolute Gasteiger partial charge is 0.230 e. The van der Waals surface area contributed by atoms with Gasteiger partial charge >= 0.3 is 0 Å². The molecule has 2 aliphatic carbocycles. The largest absolute Gasteiger partial charge is 0.512 e. The molecule has 0 fully saturated rings. The molecule has 0 aromatic heterocycles. The highest BCUT2D eigenvalue weighted by Crippen LogP contribution is 2.44. The van der Waals surface area contributed by atoms with Crippen LogP contribution in [0.5, 0.6) is 0 Å². The third-order valence-electron chi connectivity index (χ3n) is 4.92. The van der Waals surface area contributed by atoms with Gasteiger partial charge in [0, 0.05) is 24.0 Å². The second-order valence-electron chi connectivity index (χ2n) is 10.3. The van der Waals surface area contributed by atoms with Gasteiger partial charge in [-0.2, -0.15) is 0 Å². The van der Waals surface area contributed by atoms with Crippen LogP contribution in [0.1, 0.15) is 68.2 Å². The first-order valence-corrected chi connectivity index (χ1v) is 9.08. The Labute approximate surface area is 156 Å². The maximum atomic E-state index is 13.0. The molecule has 0 saturated carbocycles. The lowest BCUT2D eigenvalue weighted by Crippen LogP contribution is -2.36. The van der Waals surface area contributed by atoms with Gasteiger partial charge in [0.1, 0.15) is 5.76 Å². The van der Waals surface area contributed by atoms with Crippen molar-refractivity contribution in [2.24, 2.45) is 16.2 Å². The van der Waals surface area contributed by atoms with Gasteiger partial charge in [-0.1, -0.05) is 55.4 Å². The van der Waals surface area contributed by atoms with Gasteiger partial charge in [0.25, 0.3) is 0 Å². The first kappa shape index (κ1) is 20.3. The van der Waals surface area contributed by atoms with E-state index < -0.39 is 22.4 Å².